The van der Waals surface area contributed by atoms with Gasteiger partial charge in [0.2, 0.25) is 0 Å². The first kappa shape index (κ1) is 14.9. The van der Waals surface area contributed by atoms with E-state index in [0.717, 1.165) is 26.1 Å². The molecule has 0 amide bonds. The highest BCUT2D eigenvalue weighted by atomic mass is 32.2. The summed E-state index contributed by atoms with van der Waals surface area (Å²) in [7, 11) is 3.41. The van der Waals surface area contributed by atoms with Gasteiger partial charge in [0.15, 0.2) is 9.84 Å². The van der Waals surface area contributed by atoms with Crippen molar-refractivity contribution in [1.82, 2.24) is 15.1 Å². The molecule has 1 rings (SSSR count). The second kappa shape index (κ2) is 6.68. The second-order valence-corrected chi connectivity index (χ2v) is 7.39. The molecule has 0 aromatic carbocycles. The first-order chi connectivity index (χ1) is 7.89. The molecular weight excluding hydrogens is 238 g/mol. The summed E-state index contributed by atoms with van der Waals surface area (Å²) in [4.78, 5) is 4.41. The van der Waals surface area contributed by atoms with Gasteiger partial charge in [-0.15, -0.1) is 0 Å². The topological polar surface area (TPSA) is 52.7 Å². The van der Waals surface area contributed by atoms with E-state index in [9.17, 15) is 8.42 Å². The lowest BCUT2D eigenvalue weighted by atomic mass is 10.2. The number of nitrogens with one attached hydrogen (secondary N) is 1. The van der Waals surface area contributed by atoms with Crippen LogP contribution in [0.15, 0.2) is 0 Å². The van der Waals surface area contributed by atoms with Gasteiger partial charge in [-0.3, -0.25) is 0 Å². The van der Waals surface area contributed by atoms with Crippen molar-refractivity contribution in [2.75, 3.05) is 58.8 Å². The van der Waals surface area contributed by atoms with Gasteiger partial charge in [-0.05, 0) is 34.1 Å². The smallest absolute Gasteiger partial charge is 0.153 e. The molecule has 0 aromatic rings. The molecule has 1 N–H and O–H groups in total. The Bertz CT molecular complexity index is 317. The molecular formula is C11H25N3O2S. The van der Waals surface area contributed by atoms with Crippen molar-refractivity contribution >= 4 is 9.84 Å². The van der Waals surface area contributed by atoms with Crippen LogP contribution in [0.2, 0.25) is 0 Å². The molecule has 1 atom stereocenters. The first-order valence-corrected chi connectivity index (χ1v) is 7.98. The summed E-state index contributed by atoms with van der Waals surface area (Å²) in [6, 6.07) is 0.135. The van der Waals surface area contributed by atoms with E-state index in [0.29, 0.717) is 18.1 Å². The van der Waals surface area contributed by atoms with Gasteiger partial charge >= 0.3 is 0 Å². The zero-order valence-corrected chi connectivity index (χ0v) is 12.0. The third-order valence-corrected chi connectivity index (χ3v) is 4.83. The van der Waals surface area contributed by atoms with Gasteiger partial charge in [0.05, 0.1) is 11.5 Å². The predicted molar refractivity (Wildman–Crippen MR) is 71.1 cm³/mol. The number of sulfone groups is 1. The van der Waals surface area contributed by atoms with Crippen molar-refractivity contribution in [2.45, 2.75) is 12.5 Å². The maximum absolute atomic E-state index is 11.5. The second-order valence-electron chi connectivity index (χ2n) is 5.16. The lowest BCUT2D eigenvalue weighted by Crippen LogP contribution is -2.46. The lowest BCUT2D eigenvalue weighted by Gasteiger charge is -2.26. The van der Waals surface area contributed by atoms with E-state index in [-0.39, 0.29) is 6.04 Å². The molecule has 1 aliphatic rings. The number of nitrogens with zero attached hydrogens (tertiary/aromatic N) is 2. The number of hydrogen-bond donors (Lipinski definition) is 1. The maximum Gasteiger partial charge on any atom is 0.153 e. The monoisotopic (exact) mass is 263 g/mol. The molecule has 1 fully saturated rings. The van der Waals surface area contributed by atoms with Crippen molar-refractivity contribution in [3.8, 4) is 0 Å². The van der Waals surface area contributed by atoms with Crippen LogP contribution in [0.5, 0.6) is 0 Å². The minimum absolute atomic E-state index is 0.135. The van der Waals surface area contributed by atoms with Crippen LogP contribution in [-0.4, -0.2) is 83.1 Å². The van der Waals surface area contributed by atoms with Crippen LogP contribution in [-0.2, 0) is 9.84 Å². The van der Waals surface area contributed by atoms with Crippen LogP contribution >= 0.6 is 0 Å². The van der Waals surface area contributed by atoms with Crippen LogP contribution in [0.1, 0.15) is 6.42 Å². The molecule has 5 nitrogen and oxygen atoms in total. The average Bonchev–Trinajstić information content (AvgIpc) is 2.22. The molecule has 0 aromatic heterocycles. The fourth-order valence-corrected chi connectivity index (χ4v) is 3.40. The van der Waals surface area contributed by atoms with Crippen LogP contribution in [0.4, 0.5) is 0 Å². The minimum Gasteiger partial charge on any atom is -0.312 e. The Balaban J connectivity index is 2.21. The lowest BCUT2D eigenvalue weighted by molar-refractivity contribution is 0.270. The molecule has 1 saturated heterocycles. The van der Waals surface area contributed by atoms with Crippen molar-refractivity contribution < 1.29 is 8.42 Å². The summed E-state index contributed by atoms with van der Waals surface area (Å²) in [6.45, 7) is 3.61. The highest BCUT2D eigenvalue weighted by Crippen LogP contribution is 2.05. The van der Waals surface area contributed by atoms with Gasteiger partial charge < -0.3 is 15.1 Å². The molecule has 102 valence electrons. The summed E-state index contributed by atoms with van der Waals surface area (Å²) in [5.74, 6) is 0.592. The van der Waals surface area contributed by atoms with E-state index in [2.05, 4.69) is 36.3 Å². The molecule has 0 radical (unpaired) electrons. The van der Waals surface area contributed by atoms with Crippen molar-refractivity contribution in [1.29, 1.82) is 0 Å². The van der Waals surface area contributed by atoms with Gasteiger partial charge in [-0.25, -0.2) is 8.42 Å². The summed E-state index contributed by atoms with van der Waals surface area (Å²) >= 11 is 0. The Hall–Kier alpha value is -0.170. The standard InChI is InChI=1S/C11H25N3O2S/c1-13(2)7-8-14(3)6-4-11-10-17(15,16)9-5-12-11/h11-12H,4-10H2,1-3H3. The fraction of sp³-hybridized carbons (Fsp3) is 1.00. The quantitative estimate of drug-likeness (QED) is 0.684. The van der Waals surface area contributed by atoms with Crippen molar-refractivity contribution in [2.24, 2.45) is 0 Å². The third-order valence-electron chi connectivity index (χ3n) is 3.09. The Morgan fingerprint density at radius 1 is 1.18 bits per heavy atom. The average molecular weight is 263 g/mol. The minimum atomic E-state index is -2.79. The van der Waals surface area contributed by atoms with Crippen LogP contribution in [0, 0.1) is 0 Å². The summed E-state index contributed by atoms with van der Waals surface area (Å²) < 4.78 is 22.9. The van der Waals surface area contributed by atoms with E-state index < -0.39 is 9.84 Å². The van der Waals surface area contributed by atoms with Crippen LogP contribution in [0.25, 0.3) is 0 Å². The highest BCUT2D eigenvalue weighted by molar-refractivity contribution is 7.91. The predicted octanol–water partition coefficient (Wildman–Crippen LogP) is -0.743. The largest absolute Gasteiger partial charge is 0.312 e. The number of likely N-dealkylation sites (N-methyl/N-ethyl adjacent to an activating group) is 2. The Labute approximate surface area is 105 Å². The Morgan fingerprint density at radius 3 is 2.47 bits per heavy atom. The van der Waals surface area contributed by atoms with Gasteiger partial charge in [0.1, 0.15) is 0 Å². The van der Waals surface area contributed by atoms with E-state index in [4.69, 9.17) is 0 Å². The van der Waals surface area contributed by atoms with Gasteiger partial charge in [0.25, 0.3) is 0 Å². The molecule has 1 heterocycles. The highest BCUT2D eigenvalue weighted by Gasteiger charge is 2.23. The Kier molecular flexibility index (Phi) is 5.85. The van der Waals surface area contributed by atoms with E-state index >= 15 is 0 Å². The molecule has 6 heteroatoms. The molecule has 17 heavy (non-hydrogen) atoms. The number of hydrogen-bond acceptors (Lipinski definition) is 5. The summed E-state index contributed by atoms with van der Waals surface area (Å²) in [6.07, 6.45) is 0.906. The molecule has 0 bridgehead atoms. The van der Waals surface area contributed by atoms with Crippen LogP contribution in [0.3, 0.4) is 0 Å². The first-order valence-electron chi connectivity index (χ1n) is 6.16. The molecule has 0 aliphatic carbocycles. The third kappa shape index (κ3) is 6.35. The summed E-state index contributed by atoms with van der Waals surface area (Å²) in [5, 5.41) is 3.28. The van der Waals surface area contributed by atoms with Gasteiger partial charge in [0, 0.05) is 25.7 Å². The van der Waals surface area contributed by atoms with E-state index in [1.54, 1.807) is 0 Å². The van der Waals surface area contributed by atoms with E-state index in [1.165, 1.54) is 0 Å². The van der Waals surface area contributed by atoms with Gasteiger partial charge in [-0.1, -0.05) is 0 Å². The maximum atomic E-state index is 11.5. The molecule has 1 unspecified atom stereocenters. The van der Waals surface area contributed by atoms with Crippen molar-refractivity contribution in [3.63, 3.8) is 0 Å². The molecule has 0 saturated carbocycles. The Morgan fingerprint density at radius 2 is 1.88 bits per heavy atom. The zero-order valence-electron chi connectivity index (χ0n) is 11.1. The molecule has 1 aliphatic heterocycles. The normalized spacial score (nSPS) is 24.4. The fourth-order valence-electron chi connectivity index (χ4n) is 1.91. The molecule has 0 spiro atoms. The van der Waals surface area contributed by atoms with E-state index in [1.807, 2.05) is 0 Å². The SMILES string of the molecule is CN(C)CCN(C)CCC1CS(=O)(=O)CCN1. The number of rotatable bonds is 6. The van der Waals surface area contributed by atoms with Crippen LogP contribution < -0.4 is 5.32 Å². The van der Waals surface area contributed by atoms with Crippen molar-refractivity contribution in [3.05, 3.63) is 0 Å². The summed E-state index contributed by atoms with van der Waals surface area (Å²) in [5.41, 5.74) is 0. The van der Waals surface area contributed by atoms with Gasteiger partial charge in [-0.2, -0.15) is 0 Å². The zero-order chi connectivity index (χ0) is 12.9.